The first-order valence-electron chi connectivity index (χ1n) is 8.88. The molecule has 1 aliphatic rings. The number of carbonyl (C=O) groups is 3. The van der Waals surface area contributed by atoms with Gasteiger partial charge in [-0.2, -0.15) is 0 Å². The Balaban J connectivity index is 1.44. The minimum absolute atomic E-state index is 0.00201. The fraction of sp³-hybridized carbons (Fsp3) is 0.250. The maximum absolute atomic E-state index is 12.0. The Labute approximate surface area is 162 Å². The summed E-state index contributed by atoms with van der Waals surface area (Å²) >= 11 is 0. The number of nitrogens with one attached hydrogen (secondary N) is 4. The second-order valence-electron chi connectivity index (χ2n) is 6.56. The molecule has 0 radical (unpaired) electrons. The molecule has 1 heterocycles. The van der Waals surface area contributed by atoms with Crippen molar-refractivity contribution in [1.82, 2.24) is 10.9 Å². The van der Waals surface area contributed by atoms with Crippen LogP contribution in [0.4, 0.5) is 11.4 Å². The number of amides is 3. The van der Waals surface area contributed by atoms with Gasteiger partial charge in [-0.3, -0.25) is 25.2 Å². The number of hydrazine groups is 1. The molecule has 0 saturated heterocycles. The van der Waals surface area contributed by atoms with Crippen molar-refractivity contribution >= 4 is 29.1 Å². The van der Waals surface area contributed by atoms with Gasteiger partial charge < -0.3 is 15.4 Å². The topological polar surface area (TPSA) is 109 Å². The molecule has 8 heteroatoms. The number of fused-ring (bicyclic) bond motifs is 1. The van der Waals surface area contributed by atoms with E-state index in [-0.39, 0.29) is 13.0 Å². The van der Waals surface area contributed by atoms with Gasteiger partial charge in [0.05, 0.1) is 18.7 Å². The maximum atomic E-state index is 12.0. The normalized spacial score (nSPS) is 14.9. The SMILES string of the molecule is Cc1ccc(NCC(=O)NNC(=O)C[C@H]2Oc3ccccc3NC2=O)c(C)c1. The Morgan fingerprint density at radius 2 is 1.82 bits per heavy atom. The molecule has 3 amide bonds. The maximum Gasteiger partial charge on any atom is 0.266 e. The van der Waals surface area contributed by atoms with Gasteiger partial charge in [0.2, 0.25) is 5.91 Å². The summed E-state index contributed by atoms with van der Waals surface area (Å²) in [5.41, 5.74) is 8.19. The van der Waals surface area contributed by atoms with Gasteiger partial charge in [0.1, 0.15) is 5.75 Å². The second-order valence-corrected chi connectivity index (χ2v) is 6.56. The Kier molecular flexibility index (Phi) is 5.78. The van der Waals surface area contributed by atoms with E-state index < -0.39 is 23.8 Å². The standard InChI is InChI=1S/C20H22N4O4/c1-12-7-8-14(13(2)9-12)21-11-19(26)24-23-18(25)10-17-20(27)22-15-5-3-4-6-16(15)28-17/h3-9,17,21H,10-11H2,1-2H3,(H,22,27)(H,23,25)(H,24,26)/t17-/m1/s1. The number of rotatable bonds is 5. The number of hydrogen-bond donors (Lipinski definition) is 4. The van der Waals surface area contributed by atoms with Crippen molar-refractivity contribution < 1.29 is 19.1 Å². The fourth-order valence-corrected chi connectivity index (χ4v) is 2.82. The summed E-state index contributed by atoms with van der Waals surface area (Å²) in [5, 5.41) is 5.70. The number of benzene rings is 2. The van der Waals surface area contributed by atoms with Crippen LogP contribution in [-0.4, -0.2) is 30.4 Å². The van der Waals surface area contributed by atoms with Gasteiger partial charge in [0.25, 0.3) is 11.8 Å². The molecule has 4 N–H and O–H groups in total. The van der Waals surface area contributed by atoms with Gasteiger partial charge in [0.15, 0.2) is 6.10 Å². The molecule has 28 heavy (non-hydrogen) atoms. The van der Waals surface area contributed by atoms with E-state index in [4.69, 9.17) is 4.74 Å². The quantitative estimate of drug-likeness (QED) is 0.588. The van der Waals surface area contributed by atoms with Crippen molar-refractivity contribution in [2.24, 2.45) is 0 Å². The molecule has 0 aliphatic carbocycles. The van der Waals surface area contributed by atoms with E-state index in [1.54, 1.807) is 24.3 Å². The largest absolute Gasteiger partial charge is 0.478 e. The van der Waals surface area contributed by atoms with Crippen LogP contribution in [0.2, 0.25) is 0 Å². The summed E-state index contributed by atoms with van der Waals surface area (Å²) in [4.78, 5) is 36.0. The summed E-state index contributed by atoms with van der Waals surface area (Å²) < 4.78 is 5.55. The van der Waals surface area contributed by atoms with Crippen LogP contribution in [0.5, 0.6) is 5.75 Å². The third-order valence-corrected chi connectivity index (χ3v) is 4.24. The van der Waals surface area contributed by atoms with Crippen LogP contribution >= 0.6 is 0 Å². The highest BCUT2D eigenvalue weighted by Gasteiger charge is 2.29. The van der Waals surface area contributed by atoms with Crippen LogP contribution in [0.1, 0.15) is 17.5 Å². The molecule has 0 spiro atoms. The molecule has 0 unspecified atom stereocenters. The Morgan fingerprint density at radius 3 is 2.61 bits per heavy atom. The van der Waals surface area contributed by atoms with Crippen LogP contribution in [0, 0.1) is 13.8 Å². The number of hydrogen-bond acceptors (Lipinski definition) is 5. The zero-order valence-electron chi connectivity index (χ0n) is 15.7. The molecule has 146 valence electrons. The van der Waals surface area contributed by atoms with Gasteiger partial charge in [-0.05, 0) is 37.6 Å². The summed E-state index contributed by atoms with van der Waals surface area (Å²) in [7, 11) is 0. The molecule has 1 atom stereocenters. The van der Waals surface area contributed by atoms with E-state index in [1.807, 2.05) is 32.0 Å². The first-order valence-corrected chi connectivity index (χ1v) is 8.88. The first-order chi connectivity index (χ1) is 13.4. The van der Waals surface area contributed by atoms with Gasteiger partial charge in [-0.25, -0.2) is 0 Å². The predicted molar refractivity (Wildman–Crippen MR) is 105 cm³/mol. The molecular formula is C20H22N4O4. The number of ether oxygens (including phenoxy) is 1. The smallest absolute Gasteiger partial charge is 0.266 e. The summed E-state index contributed by atoms with van der Waals surface area (Å²) in [6, 6.07) is 12.8. The van der Waals surface area contributed by atoms with Gasteiger partial charge in [-0.1, -0.05) is 29.8 Å². The van der Waals surface area contributed by atoms with Gasteiger partial charge in [-0.15, -0.1) is 0 Å². The fourth-order valence-electron chi connectivity index (χ4n) is 2.82. The van der Waals surface area contributed by atoms with Crippen molar-refractivity contribution in [2.45, 2.75) is 26.4 Å². The second kappa shape index (κ2) is 8.43. The van der Waals surface area contributed by atoms with E-state index in [0.717, 1.165) is 16.8 Å². The van der Waals surface area contributed by atoms with Crippen LogP contribution in [0.3, 0.4) is 0 Å². The van der Waals surface area contributed by atoms with Crippen LogP contribution in [0.15, 0.2) is 42.5 Å². The number of aryl methyl sites for hydroxylation is 2. The minimum atomic E-state index is -0.958. The first kappa shape index (κ1) is 19.2. The number of anilines is 2. The third kappa shape index (κ3) is 4.79. The predicted octanol–water partition coefficient (Wildman–Crippen LogP) is 1.65. The van der Waals surface area contributed by atoms with E-state index in [0.29, 0.717) is 11.4 Å². The van der Waals surface area contributed by atoms with Crippen molar-refractivity contribution in [3.05, 3.63) is 53.6 Å². The summed E-state index contributed by atoms with van der Waals surface area (Å²) in [5.74, 6) is -0.842. The molecule has 1 aliphatic heterocycles. The van der Waals surface area contributed by atoms with Crippen molar-refractivity contribution in [3.8, 4) is 5.75 Å². The number of carbonyl (C=O) groups excluding carboxylic acids is 3. The average molecular weight is 382 g/mol. The van der Waals surface area contributed by atoms with Gasteiger partial charge >= 0.3 is 0 Å². The summed E-state index contributed by atoms with van der Waals surface area (Å²) in [6.07, 6.45) is -1.18. The highest BCUT2D eigenvalue weighted by atomic mass is 16.5. The monoisotopic (exact) mass is 382 g/mol. The van der Waals surface area contributed by atoms with E-state index in [9.17, 15) is 14.4 Å². The van der Waals surface area contributed by atoms with Crippen molar-refractivity contribution in [3.63, 3.8) is 0 Å². The molecule has 0 bridgehead atoms. The molecule has 0 aromatic heterocycles. The average Bonchev–Trinajstić information content (AvgIpc) is 2.66. The van der Waals surface area contributed by atoms with E-state index in [2.05, 4.69) is 21.5 Å². The zero-order valence-corrected chi connectivity index (χ0v) is 15.7. The van der Waals surface area contributed by atoms with Crippen LogP contribution in [0.25, 0.3) is 0 Å². The van der Waals surface area contributed by atoms with Crippen molar-refractivity contribution in [1.29, 1.82) is 0 Å². The Bertz CT molecular complexity index is 913. The van der Waals surface area contributed by atoms with E-state index >= 15 is 0 Å². The molecule has 8 nitrogen and oxygen atoms in total. The molecule has 0 saturated carbocycles. The lowest BCUT2D eigenvalue weighted by Crippen LogP contribution is -2.47. The molecule has 2 aromatic carbocycles. The van der Waals surface area contributed by atoms with Crippen LogP contribution < -0.4 is 26.2 Å². The lowest BCUT2D eigenvalue weighted by Gasteiger charge is -2.25. The molecular weight excluding hydrogens is 360 g/mol. The lowest BCUT2D eigenvalue weighted by molar-refractivity contribution is -0.132. The highest BCUT2D eigenvalue weighted by molar-refractivity contribution is 6.00. The van der Waals surface area contributed by atoms with Gasteiger partial charge in [0, 0.05) is 5.69 Å². The highest BCUT2D eigenvalue weighted by Crippen LogP contribution is 2.29. The van der Waals surface area contributed by atoms with Crippen LogP contribution in [-0.2, 0) is 14.4 Å². The zero-order chi connectivity index (χ0) is 20.1. The molecule has 2 aromatic rings. The van der Waals surface area contributed by atoms with Crippen molar-refractivity contribution in [2.75, 3.05) is 17.2 Å². The third-order valence-electron chi connectivity index (χ3n) is 4.24. The number of para-hydroxylation sites is 2. The summed E-state index contributed by atoms with van der Waals surface area (Å²) in [6.45, 7) is 3.94. The Morgan fingerprint density at radius 1 is 1.07 bits per heavy atom. The molecule has 0 fully saturated rings. The Hall–Kier alpha value is -3.55. The molecule has 3 rings (SSSR count). The minimum Gasteiger partial charge on any atom is -0.478 e. The van der Waals surface area contributed by atoms with E-state index in [1.165, 1.54) is 0 Å². The lowest BCUT2D eigenvalue weighted by atomic mass is 10.1.